The Morgan fingerprint density at radius 3 is 2.76 bits per heavy atom. The lowest BCUT2D eigenvalue weighted by molar-refractivity contribution is -0.384. The molecule has 0 fully saturated rings. The van der Waals surface area contributed by atoms with E-state index in [9.17, 15) is 14.9 Å². The number of anilines is 1. The number of nitrogens with two attached hydrogens (primary N) is 1. The van der Waals surface area contributed by atoms with Crippen molar-refractivity contribution in [3.63, 3.8) is 0 Å². The highest BCUT2D eigenvalue weighted by atomic mass is 35.5. The van der Waals surface area contributed by atoms with Crippen LogP contribution in [0, 0.1) is 16.0 Å². The van der Waals surface area contributed by atoms with Gasteiger partial charge >= 0.3 is 0 Å². The number of carbonyl (C=O) groups excluding carboxylic acids is 1. The fourth-order valence-corrected chi connectivity index (χ4v) is 1.35. The van der Waals surface area contributed by atoms with Gasteiger partial charge in [-0.2, -0.15) is 0 Å². The number of hydrogen-bond donors (Lipinski definition) is 2. The van der Waals surface area contributed by atoms with Crippen LogP contribution in [-0.2, 0) is 4.79 Å². The first kappa shape index (κ1) is 13.4. The zero-order chi connectivity index (χ0) is 13.0. The number of carbonyl (C=O) groups is 1. The molecule has 1 atom stereocenters. The number of nitrogens with zero attached hydrogens (tertiary/aromatic N) is 1. The Morgan fingerprint density at radius 1 is 1.65 bits per heavy atom. The molecule has 0 aliphatic rings. The summed E-state index contributed by atoms with van der Waals surface area (Å²) in [6, 6.07) is 4.00. The average Bonchev–Trinajstić information content (AvgIpc) is 2.27. The molecule has 1 rings (SSSR count). The highest BCUT2D eigenvalue weighted by Gasteiger charge is 2.15. The highest BCUT2D eigenvalue weighted by Crippen LogP contribution is 2.27. The Labute approximate surface area is 103 Å². The maximum atomic E-state index is 11.5. The van der Waals surface area contributed by atoms with Gasteiger partial charge in [0, 0.05) is 24.2 Å². The molecule has 0 aromatic heterocycles. The molecule has 7 heteroatoms. The van der Waals surface area contributed by atoms with Crippen molar-refractivity contribution in [1.29, 1.82) is 0 Å². The van der Waals surface area contributed by atoms with Gasteiger partial charge in [0.25, 0.3) is 5.69 Å². The summed E-state index contributed by atoms with van der Waals surface area (Å²) in [5.41, 5.74) is 5.55. The minimum atomic E-state index is -0.587. The SMILES string of the molecule is CC(CN)C(=O)Nc1ccc([N+](=O)[O-])c(Cl)c1. The minimum absolute atomic E-state index is 0.0202. The number of hydrogen-bond acceptors (Lipinski definition) is 4. The summed E-state index contributed by atoms with van der Waals surface area (Å²) in [4.78, 5) is 21.4. The van der Waals surface area contributed by atoms with Crippen molar-refractivity contribution in [3.05, 3.63) is 33.3 Å². The Balaban J connectivity index is 2.84. The van der Waals surface area contributed by atoms with E-state index in [1.165, 1.54) is 18.2 Å². The van der Waals surface area contributed by atoms with Crippen LogP contribution < -0.4 is 11.1 Å². The third-order valence-electron chi connectivity index (χ3n) is 2.21. The van der Waals surface area contributed by atoms with Crippen molar-refractivity contribution < 1.29 is 9.72 Å². The van der Waals surface area contributed by atoms with Gasteiger partial charge < -0.3 is 11.1 Å². The van der Waals surface area contributed by atoms with Crippen LogP contribution in [0.2, 0.25) is 5.02 Å². The number of nitrogens with one attached hydrogen (secondary N) is 1. The first-order valence-electron chi connectivity index (χ1n) is 4.90. The van der Waals surface area contributed by atoms with Gasteiger partial charge in [-0.15, -0.1) is 0 Å². The van der Waals surface area contributed by atoms with Crippen LogP contribution in [0.3, 0.4) is 0 Å². The van der Waals surface area contributed by atoms with E-state index < -0.39 is 4.92 Å². The summed E-state index contributed by atoms with van der Waals surface area (Å²) in [5.74, 6) is -0.582. The molecule has 0 saturated carbocycles. The third-order valence-corrected chi connectivity index (χ3v) is 2.52. The monoisotopic (exact) mass is 257 g/mol. The lowest BCUT2D eigenvalue weighted by atomic mass is 10.1. The molecule has 1 aromatic rings. The van der Waals surface area contributed by atoms with E-state index in [2.05, 4.69) is 5.32 Å². The predicted molar refractivity (Wildman–Crippen MR) is 65.0 cm³/mol. The van der Waals surface area contributed by atoms with E-state index in [0.29, 0.717) is 5.69 Å². The fraction of sp³-hybridized carbons (Fsp3) is 0.300. The van der Waals surface area contributed by atoms with E-state index in [1.54, 1.807) is 6.92 Å². The highest BCUT2D eigenvalue weighted by molar-refractivity contribution is 6.33. The van der Waals surface area contributed by atoms with Gasteiger partial charge in [-0.05, 0) is 12.1 Å². The van der Waals surface area contributed by atoms with E-state index >= 15 is 0 Å². The maximum absolute atomic E-state index is 11.5. The molecule has 1 amide bonds. The number of benzene rings is 1. The summed E-state index contributed by atoms with van der Waals surface area (Å²) in [6.45, 7) is 1.91. The lowest BCUT2D eigenvalue weighted by Crippen LogP contribution is -2.26. The number of halogens is 1. The third kappa shape index (κ3) is 3.40. The minimum Gasteiger partial charge on any atom is -0.330 e. The number of rotatable bonds is 4. The number of nitro groups is 1. The summed E-state index contributed by atoms with van der Waals surface area (Å²) < 4.78 is 0. The van der Waals surface area contributed by atoms with Crippen molar-refractivity contribution in [1.82, 2.24) is 0 Å². The average molecular weight is 258 g/mol. The molecule has 0 heterocycles. The second-order valence-electron chi connectivity index (χ2n) is 3.55. The molecule has 0 bridgehead atoms. The molecule has 1 unspecified atom stereocenters. The first-order valence-corrected chi connectivity index (χ1v) is 5.28. The second kappa shape index (κ2) is 5.60. The zero-order valence-corrected chi connectivity index (χ0v) is 9.90. The molecule has 1 aromatic carbocycles. The van der Waals surface area contributed by atoms with Gasteiger partial charge in [0.15, 0.2) is 0 Å². The first-order chi connectivity index (χ1) is 7.95. The van der Waals surface area contributed by atoms with Crippen LogP contribution in [0.25, 0.3) is 0 Å². The van der Waals surface area contributed by atoms with Crippen LogP contribution in [0.4, 0.5) is 11.4 Å². The molecule has 17 heavy (non-hydrogen) atoms. The molecular weight excluding hydrogens is 246 g/mol. The quantitative estimate of drug-likeness (QED) is 0.634. The van der Waals surface area contributed by atoms with Crippen molar-refractivity contribution in [2.45, 2.75) is 6.92 Å². The summed E-state index contributed by atoms with van der Waals surface area (Å²) in [5, 5.41) is 13.1. The Kier molecular flexibility index (Phi) is 4.42. The van der Waals surface area contributed by atoms with Crippen LogP contribution >= 0.6 is 11.6 Å². The largest absolute Gasteiger partial charge is 0.330 e. The lowest BCUT2D eigenvalue weighted by Gasteiger charge is -2.09. The number of nitro benzene ring substituents is 1. The predicted octanol–water partition coefficient (Wildman–Crippen LogP) is 1.78. The van der Waals surface area contributed by atoms with Crippen molar-refractivity contribution in [3.8, 4) is 0 Å². The molecule has 0 saturated heterocycles. The maximum Gasteiger partial charge on any atom is 0.288 e. The van der Waals surface area contributed by atoms with Gasteiger partial charge in [0.05, 0.1) is 4.92 Å². The van der Waals surface area contributed by atoms with Gasteiger partial charge in [-0.3, -0.25) is 14.9 Å². The van der Waals surface area contributed by atoms with Crippen molar-refractivity contribution >= 4 is 28.9 Å². The van der Waals surface area contributed by atoms with Crippen LogP contribution in [0.5, 0.6) is 0 Å². The summed E-state index contributed by atoms with van der Waals surface area (Å²) in [6.07, 6.45) is 0. The van der Waals surface area contributed by atoms with E-state index in [0.717, 1.165) is 0 Å². The topological polar surface area (TPSA) is 98.3 Å². The molecule has 0 aliphatic carbocycles. The van der Waals surface area contributed by atoms with Crippen LogP contribution in [0.1, 0.15) is 6.92 Å². The van der Waals surface area contributed by atoms with Crippen LogP contribution in [-0.4, -0.2) is 17.4 Å². The molecule has 0 spiro atoms. The van der Waals surface area contributed by atoms with E-state index in [1.807, 2.05) is 0 Å². The van der Waals surface area contributed by atoms with Crippen molar-refractivity contribution in [2.24, 2.45) is 11.7 Å². The summed E-state index contributed by atoms with van der Waals surface area (Å²) >= 11 is 5.70. The van der Waals surface area contributed by atoms with E-state index in [4.69, 9.17) is 17.3 Å². The molecule has 92 valence electrons. The zero-order valence-electron chi connectivity index (χ0n) is 9.14. The summed E-state index contributed by atoms with van der Waals surface area (Å²) in [7, 11) is 0. The van der Waals surface area contributed by atoms with E-state index in [-0.39, 0.29) is 29.1 Å². The molecule has 0 aliphatic heterocycles. The molecular formula is C10H12ClN3O3. The Bertz CT molecular complexity index is 450. The smallest absolute Gasteiger partial charge is 0.288 e. The van der Waals surface area contributed by atoms with Gasteiger partial charge in [0.2, 0.25) is 5.91 Å². The van der Waals surface area contributed by atoms with Gasteiger partial charge in [-0.1, -0.05) is 18.5 Å². The van der Waals surface area contributed by atoms with Gasteiger partial charge in [0.1, 0.15) is 5.02 Å². The molecule has 3 N–H and O–H groups in total. The molecule has 0 radical (unpaired) electrons. The standard InChI is InChI=1S/C10H12ClN3O3/c1-6(5-12)10(15)13-7-2-3-9(14(16)17)8(11)4-7/h2-4,6H,5,12H2,1H3,(H,13,15). The Hall–Kier alpha value is -1.66. The number of amides is 1. The fourth-order valence-electron chi connectivity index (χ4n) is 1.11. The normalized spacial score (nSPS) is 11.9. The Morgan fingerprint density at radius 2 is 2.29 bits per heavy atom. The van der Waals surface area contributed by atoms with Crippen LogP contribution in [0.15, 0.2) is 18.2 Å². The second-order valence-corrected chi connectivity index (χ2v) is 3.96. The van der Waals surface area contributed by atoms with Crippen molar-refractivity contribution in [2.75, 3.05) is 11.9 Å². The van der Waals surface area contributed by atoms with Gasteiger partial charge in [-0.25, -0.2) is 0 Å². The molecule has 6 nitrogen and oxygen atoms in total.